The Bertz CT molecular complexity index is 746. The van der Waals surface area contributed by atoms with Gasteiger partial charge < -0.3 is 19.3 Å². The van der Waals surface area contributed by atoms with Gasteiger partial charge in [-0.15, -0.1) is 0 Å². The Hall–Kier alpha value is -2.76. The maximum Gasteiger partial charge on any atom is 0.331 e. The molecule has 2 aromatic rings. The molecule has 0 saturated heterocycles. The molecule has 23 heavy (non-hydrogen) atoms. The standard InChI is InChI=1S/C17H18N2O4/c1-11-7-8-18(2)14(11)16(20)19-9-10-23-13-6-4-3-5-12(13)15(19)17(21)22/h3-8,15H,9-10H2,1-2H3,(H,21,22). The molecule has 1 aliphatic rings. The third kappa shape index (κ3) is 2.56. The lowest BCUT2D eigenvalue weighted by atomic mass is 10.0. The van der Waals surface area contributed by atoms with Crippen molar-refractivity contribution in [2.45, 2.75) is 13.0 Å². The van der Waals surface area contributed by atoms with Crippen LogP contribution in [0, 0.1) is 6.92 Å². The number of carbonyl (C=O) groups excluding carboxylic acids is 1. The smallest absolute Gasteiger partial charge is 0.331 e. The summed E-state index contributed by atoms with van der Waals surface area (Å²) in [5.74, 6) is -0.857. The first kappa shape index (κ1) is 15.1. The molecule has 1 aromatic carbocycles. The minimum absolute atomic E-state index is 0.217. The zero-order chi connectivity index (χ0) is 16.6. The highest BCUT2D eigenvalue weighted by Gasteiger charge is 2.36. The largest absolute Gasteiger partial charge is 0.491 e. The summed E-state index contributed by atoms with van der Waals surface area (Å²) < 4.78 is 7.34. The van der Waals surface area contributed by atoms with Crippen LogP contribution >= 0.6 is 0 Å². The number of amides is 1. The van der Waals surface area contributed by atoms with Crippen molar-refractivity contribution < 1.29 is 19.4 Å². The van der Waals surface area contributed by atoms with Gasteiger partial charge in [0, 0.05) is 18.8 Å². The van der Waals surface area contributed by atoms with Crippen LogP contribution in [0.2, 0.25) is 0 Å². The van der Waals surface area contributed by atoms with Gasteiger partial charge in [-0.3, -0.25) is 4.79 Å². The predicted molar refractivity (Wildman–Crippen MR) is 83.5 cm³/mol. The van der Waals surface area contributed by atoms with Crippen LogP contribution in [0.15, 0.2) is 36.5 Å². The molecule has 1 aromatic heterocycles. The number of rotatable bonds is 2. The molecule has 0 aliphatic carbocycles. The van der Waals surface area contributed by atoms with Crippen molar-refractivity contribution in [3.05, 3.63) is 53.3 Å². The van der Waals surface area contributed by atoms with Gasteiger partial charge >= 0.3 is 5.97 Å². The van der Waals surface area contributed by atoms with Crippen molar-refractivity contribution in [1.82, 2.24) is 9.47 Å². The minimum atomic E-state index is -1.07. The van der Waals surface area contributed by atoms with Crippen LogP contribution in [-0.2, 0) is 11.8 Å². The lowest BCUT2D eigenvalue weighted by Gasteiger charge is -2.27. The van der Waals surface area contributed by atoms with Crippen molar-refractivity contribution in [2.75, 3.05) is 13.2 Å². The molecule has 1 aliphatic heterocycles. The highest BCUT2D eigenvalue weighted by Crippen LogP contribution is 2.33. The van der Waals surface area contributed by atoms with E-state index in [1.165, 1.54) is 4.90 Å². The Morgan fingerprint density at radius 3 is 2.65 bits per heavy atom. The van der Waals surface area contributed by atoms with Crippen molar-refractivity contribution in [2.24, 2.45) is 7.05 Å². The van der Waals surface area contributed by atoms with Crippen LogP contribution < -0.4 is 4.74 Å². The molecule has 1 N–H and O–H groups in total. The van der Waals surface area contributed by atoms with Gasteiger partial charge in [-0.25, -0.2) is 4.79 Å². The van der Waals surface area contributed by atoms with E-state index >= 15 is 0 Å². The molecule has 6 heteroatoms. The third-order valence-electron chi connectivity index (χ3n) is 4.09. The zero-order valence-corrected chi connectivity index (χ0v) is 13.0. The van der Waals surface area contributed by atoms with Crippen LogP contribution in [0.1, 0.15) is 27.7 Å². The van der Waals surface area contributed by atoms with Crippen LogP contribution in [-0.4, -0.2) is 39.6 Å². The SMILES string of the molecule is Cc1ccn(C)c1C(=O)N1CCOc2ccccc2C1C(=O)O. The van der Waals surface area contributed by atoms with Crippen LogP contribution in [0.25, 0.3) is 0 Å². The maximum atomic E-state index is 13.0. The van der Waals surface area contributed by atoms with Crippen molar-refractivity contribution in [3.63, 3.8) is 0 Å². The Labute approximate surface area is 133 Å². The van der Waals surface area contributed by atoms with E-state index in [-0.39, 0.29) is 19.1 Å². The molecule has 3 rings (SSSR count). The molecule has 0 saturated carbocycles. The number of benzene rings is 1. The molecule has 1 atom stereocenters. The molecule has 0 radical (unpaired) electrons. The summed E-state index contributed by atoms with van der Waals surface area (Å²) in [6, 6.07) is 7.74. The number of aromatic nitrogens is 1. The first-order valence-corrected chi connectivity index (χ1v) is 7.38. The Morgan fingerprint density at radius 1 is 1.26 bits per heavy atom. The molecule has 0 fully saturated rings. The molecule has 1 amide bonds. The van der Waals surface area contributed by atoms with Gasteiger partial charge in [0.15, 0.2) is 6.04 Å². The van der Waals surface area contributed by atoms with E-state index in [1.807, 2.05) is 13.0 Å². The maximum absolute atomic E-state index is 13.0. The van der Waals surface area contributed by atoms with E-state index in [4.69, 9.17) is 4.74 Å². The third-order valence-corrected chi connectivity index (χ3v) is 4.09. The van der Waals surface area contributed by atoms with Crippen LogP contribution in [0.5, 0.6) is 5.75 Å². The predicted octanol–water partition coefficient (Wildman–Crippen LogP) is 1.99. The number of carboxylic acids is 1. The molecule has 120 valence electrons. The second kappa shape index (κ2) is 5.79. The van der Waals surface area contributed by atoms with Gasteiger partial charge in [0.25, 0.3) is 5.91 Å². The summed E-state index contributed by atoms with van der Waals surface area (Å²) in [5, 5.41) is 9.71. The van der Waals surface area contributed by atoms with Gasteiger partial charge in [0.05, 0.1) is 6.54 Å². The monoisotopic (exact) mass is 314 g/mol. The number of hydrogen-bond acceptors (Lipinski definition) is 3. The van der Waals surface area contributed by atoms with Crippen molar-refractivity contribution in [1.29, 1.82) is 0 Å². The van der Waals surface area contributed by atoms with Gasteiger partial charge in [0.1, 0.15) is 18.1 Å². The summed E-state index contributed by atoms with van der Waals surface area (Å²) >= 11 is 0. The van der Waals surface area contributed by atoms with Crippen LogP contribution in [0.3, 0.4) is 0 Å². The number of para-hydroxylation sites is 1. The van der Waals surface area contributed by atoms with Crippen molar-refractivity contribution >= 4 is 11.9 Å². The second-order valence-corrected chi connectivity index (χ2v) is 5.58. The second-order valence-electron chi connectivity index (χ2n) is 5.58. The molecule has 0 bridgehead atoms. The number of aliphatic carboxylic acids is 1. The number of aryl methyl sites for hydroxylation is 2. The highest BCUT2D eigenvalue weighted by molar-refractivity contribution is 5.97. The summed E-state index contributed by atoms with van der Waals surface area (Å²) in [6.45, 7) is 2.32. The number of fused-ring (bicyclic) bond motifs is 1. The normalized spacial score (nSPS) is 17.1. The highest BCUT2D eigenvalue weighted by atomic mass is 16.5. The Morgan fingerprint density at radius 2 is 2.00 bits per heavy atom. The topological polar surface area (TPSA) is 71.8 Å². The fourth-order valence-electron chi connectivity index (χ4n) is 2.98. The van der Waals surface area contributed by atoms with Gasteiger partial charge in [-0.2, -0.15) is 0 Å². The quantitative estimate of drug-likeness (QED) is 0.920. The summed E-state index contributed by atoms with van der Waals surface area (Å²) in [5.41, 5.74) is 1.81. The number of carboxylic acid groups (broad SMARTS) is 1. The number of hydrogen-bond donors (Lipinski definition) is 1. The molecular weight excluding hydrogens is 296 g/mol. The van der Waals surface area contributed by atoms with Gasteiger partial charge in [-0.05, 0) is 24.6 Å². The summed E-state index contributed by atoms with van der Waals surface area (Å²) in [4.78, 5) is 26.2. The number of carbonyl (C=O) groups is 2. The van der Waals surface area contributed by atoms with E-state index in [0.29, 0.717) is 17.0 Å². The summed E-state index contributed by atoms with van der Waals surface area (Å²) in [6.07, 6.45) is 1.79. The van der Waals surface area contributed by atoms with Gasteiger partial charge in [0.2, 0.25) is 0 Å². The van der Waals surface area contributed by atoms with E-state index in [1.54, 1.807) is 42.1 Å². The average molecular weight is 314 g/mol. The van der Waals surface area contributed by atoms with E-state index < -0.39 is 12.0 Å². The van der Waals surface area contributed by atoms with E-state index in [9.17, 15) is 14.7 Å². The summed E-state index contributed by atoms with van der Waals surface area (Å²) in [7, 11) is 1.78. The fraction of sp³-hybridized carbons (Fsp3) is 0.294. The van der Waals surface area contributed by atoms with Gasteiger partial charge in [-0.1, -0.05) is 18.2 Å². The lowest BCUT2D eigenvalue weighted by molar-refractivity contribution is -0.142. The Balaban J connectivity index is 2.07. The van der Waals surface area contributed by atoms with Crippen LogP contribution in [0.4, 0.5) is 0 Å². The molecule has 1 unspecified atom stereocenters. The van der Waals surface area contributed by atoms with E-state index in [0.717, 1.165) is 5.56 Å². The molecule has 0 spiro atoms. The first-order chi connectivity index (χ1) is 11.0. The zero-order valence-electron chi connectivity index (χ0n) is 13.0. The lowest BCUT2D eigenvalue weighted by Crippen LogP contribution is -2.40. The molecule has 6 nitrogen and oxygen atoms in total. The molecule has 2 heterocycles. The first-order valence-electron chi connectivity index (χ1n) is 7.38. The number of ether oxygens (including phenoxy) is 1. The Kier molecular flexibility index (Phi) is 3.82. The van der Waals surface area contributed by atoms with Crippen molar-refractivity contribution in [3.8, 4) is 5.75 Å². The number of nitrogens with zero attached hydrogens (tertiary/aromatic N) is 2. The fourth-order valence-corrected chi connectivity index (χ4v) is 2.98. The average Bonchev–Trinajstić information content (AvgIpc) is 2.74. The molecular formula is C17H18N2O4. The minimum Gasteiger partial charge on any atom is -0.491 e. The van der Waals surface area contributed by atoms with E-state index in [2.05, 4.69) is 0 Å².